The molecule has 0 bridgehead atoms. The third-order valence-corrected chi connectivity index (χ3v) is 5.11. The molecule has 0 saturated carbocycles. The number of benzene rings is 3. The zero-order valence-electron chi connectivity index (χ0n) is 15.8. The smallest absolute Gasteiger partial charge is 0.129 e. The van der Waals surface area contributed by atoms with E-state index in [2.05, 4.69) is 55.1 Å². The zero-order valence-corrected chi connectivity index (χ0v) is 16.6. The highest BCUT2D eigenvalue weighted by atomic mass is 32.1. The van der Waals surface area contributed by atoms with Gasteiger partial charge in [0.1, 0.15) is 5.84 Å². The molecule has 1 aliphatic rings. The average molecular weight is 384 g/mol. The van der Waals surface area contributed by atoms with Crippen LogP contribution in [0.15, 0.2) is 94.8 Å². The standard InChI is InChI=1S/C25H23N2S/c28-22-16-9-11-19(18-22)10-7-8-17-23-26-24(20-12-3-1-4-13-20)25(27-23)21-14-5-2-6-15-21/h1-6,9,11-16,18,28H,7-8,10,17H2. The molecule has 3 heteroatoms. The van der Waals surface area contributed by atoms with Gasteiger partial charge in [0.25, 0.3) is 0 Å². The molecule has 4 rings (SSSR count). The van der Waals surface area contributed by atoms with Crippen molar-refractivity contribution in [3.63, 3.8) is 0 Å². The van der Waals surface area contributed by atoms with Gasteiger partial charge in [-0.15, -0.1) is 12.6 Å². The van der Waals surface area contributed by atoms with Gasteiger partial charge in [-0.3, -0.25) is 0 Å². The van der Waals surface area contributed by atoms with E-state index < -0.39 is 0 Å². The Morgan fingerprint density at radius 1 is 0.643 bits per heavy atom. The molecule has 0 aliphatic carbocycles. The first-order valence-electron chi connectivity index (χ1n) is 9.72. The van der Waals surface area contributed by atoms with Gasteiger partial charge in [-0.2, -0.15) is 0 Å². The minimum atomic E-state index is 0.896. The number of hydrogen-bond acceptors (Lipinski definition) is 2. The molecule has 1 heterocycles. The van der Waals surface area contributed by atoms with E-state index >= 15 is 0 Å². The second kappa shape index (κ2) is 8.94. The largest absolute Gasteiger partial charge is 0.231 e. The van der Waals surface area contributed by atoms with Crippen LogP contribution in [0.2, 0.25) is 0 Å². The minimum Gasteiger partial charge on any atom is -0.231 e. The van der Waals surface area contributed by atoms with Gasteiger partial charge in [0.05, 0.1) is 11.4 Å². The highest BCUT2D eigenvalue weighted by molar-refractivity contribution is 7.80. The van der Waals surface area contributed by atoms with Gasteiger partial charge in [0.2, 0.25) is 0 Å². The number of thiol groups is 1. The molecule has 3 aromatic rings. The highest BCUT2D eigenvalue weighted by Crippen LogP contribution is 2.31. The van der Waals surface area contributed by atoms with Crippen molar-refractivity contribution >= 4 is 29.9 Å². The lowest BCUT2D eigenvalue weighted by atomic mass is 10.1. The van der Waals surface area contributed by atoms with Crippen LogP contribution in [-0.4, -0.2) is 5.84 Å². The first kappa shape index (κ1) is 18.6. The molecule has 28 heavy (non-hydrogen) atoms. The molecule has 1 aliphatic heterocycles. The lowest BCUT2D eigenvalue weighted by Crippen LogP contribution is -2.10. The van der Waals surface area contributed by atoms with Gasteiger partial charge < -0.3 is 0 Å². The van der Waals surface area contributed by atoms with E-state index in [1.165, 1.54) is 5.56 Å². The molecule has 0 spiro atoms. The number of nitrogens with zero attached hydrogens (tertiary/aromatic N) is 2. The molecular weight excluding hydrogens is 360 g/mol. The van der Waals surface area contributed by atoms with E-state index in [-0.39, 0.29) is 0 Å². The number of amidine groups is 1. The molecule has 2 nitrogen and oxygen atoms in total. The van der Waals surface area contributed by atoms with E-state index in [1.807, 2.05) is 42.5 Å². The third-order valence-electron chi connectivity index (χ3n) is 4.83. The van der Waals surface area contributed by atoms with Gasteiger partial charge in [-0.25, -0.2) is 10.3 Å². The van der Waals surface area contributed by atoms with Crippen molar-refractivity contribution in [1.82, 2.24) is 5.32 Å². The SMILES string of the molecule is Sc1cccc(CCCCC2=NC(c3ccccc3)=C(c3ccccc3)[N]2)c1. The van der Waals surface area contributed by atoms with Crippen LogP contribution in [-0.2, 0) is 6.42 Å². The van der Waals surface area contributed by atoms with Crippen LogP contribution in [0.4, 0.5) is 0 Å². The Kier molecular flexibility index (Phi) is 5.93. The van der Waals surface area contributed by atoms with Crippen molar-refractivity contribution < 1.29 is 0 Å². The summed E-state index contributed by atoms with van der Waals surface area (Å²) in [5.74, 6) is 0.931. The van der Waals surface area contributed by atoms with Crippen molar-refractivity contribution in [2.24, 2.45) is 4.99 Å². The predicted octanol–water partition coefficient (Wildman–Crippen LogP) is 6.23. The monoisotopic (exact) mass is 383 g/mol. The summed E-state index contributed by atoms with van der Waals surface area (Å²) in [7, 11) is 0. The van der Waals surface area contributed by atoms with E-state index in [0.717, 1.165) is 58.9 Å². The molecule has 139 valence electrons. The quantitative estimate of drug-likeness (QED) is 0.370. The number of rotatable bonds is 7. The third kappa shape index (κ3) is 4.55. The van der Waals surface area contributed by atoms with E-state index in [0.29, 0.717) is 0 Å². The summed E-state index contributed by atoms with van der Waals surface area (Å²) >= 11 is 4.42. The van der Waals surface area contributed by atoms with Gasteiger partial charge in [-0.05, 0) is 37.0 Å². The lowest BCUT2D eigenvalue weighted by molar-refractivity contribution is 0.755. The van der Waals surface area contributed by atoms with Crippen LogP contribution < -0.4 is 5.32 Å². The van der Waals surface area contributed by atoms with Gasteiger partial charge >= 0.3 is 0 Å². The van der Waals surface area contributed by atoms with Crippen LogP contribution >= 0.6 is 12.6 Å². The maximum atomic E-state index is 4.89. The van der Waals surface area contributed by atoms with Crippen molar-refractivity contribution in [3.8, 4) is 0 Å². The second-order valence-corrected chi connectivity index (χ2v) is 7.46. The van der Waals surface area contributed by atoms with E-state index in [9.17, 15) is 0 Å². The maximum absolute atomic E-state index is 4.89. The molecular formula is C25H23N2S. The predicted molar refractivity (Wildman–Crippen MR) is 121 cm³/mol. The van der Waals surface area contributed by atoms with Crippen LogP contribution in [0.5, 0.6) is 0 Å². The lowest BCUT2D eigenvalue weighted by Gasteiger charge is -2.06. The van der Waals surface area contributed by atoms with Crippen molar-refractivity contribution in [2.75, 3.05) is 0 Å². The fourth-order valence-corrected chi connectivity index (χ4v) is 3.67. The number of unbranched alkanes of at least 4 members (excludes halogenated alkanes) is 1. The molecule has 0 N–H and O–H groups in total. The molecule has 0 atom stereocenters. The van der Waals surface area contributed by atoms with Gasteiger partial charge in [-0.1, -0.05) is 72.8 Å². The fourth-order valence-electron chi connectivity index (χ4n) is 3.42. The summed E-state index contributed by atoms with van der Waals surface area (Å²) in [5, 5.41) is 4.89. The van der Waals surface area contributed by atoms with Crippen molar-refractivity contribution in [1.29, 1.82) is 0 Å². The zero-order chi connectivity index (χ0) is 19.2. The summed E-state index contributed by atoms with van der Waals surface area (Å²) in [6.45, 7) is 0. The topological polar surface area (TPSA) is 26.5 Å². The molecule has 0 fully saturated rings. The second-order valence-electron chi connectivity index (χ2n) is 6.95. The minimum absolute atomic E-state index is 0.896. The molecule has 0 saturated heterocycles. The first-order chi connectivity index (χ1) is 13.8. The Morgan fingerprint density at radius 3 is 1.96 bits per heavy atom. The molecule has 3 aromatic carbocycles. The summed E-state index contributed by atoms with van der Waals surface area (Å²) in [6.07, 6.45) is 4.15. The van der Waals surface area contributed by atoms with Crippen LogP contribution in [0.3, 0.4) is 0 Å². The number of aliphatic imine (C=N–C) groups is 1. The van der Waals surface area contributed by atoms with E-state index in [4.69, 9.17) is 10.3 Å². The Hall–Kier alpha value is -2.78. The van der Waals surface area contributed by atoms with Crippen LogP contribution in [0, 0.1) is 0 Å². The summed E-state index contributed by atoms with van der Waals surface area (Å²) in [6, 6.07) is 29.1. The Labute approximate surface area is 172 Å². The normalized spacial score (nSPS) is 13.4. The first-order valence-corrected chi connectivity index (χ1v) is 10.2. The van der Waals surface area contributed by atoms with E-state index in [1.54, 1.807) is 0 Å². The highest BCUT2D eigenvalue weighted by Gasteiger charge is 2.21. The summed E-state index contributed by atoms with van der Waals surface area (Å²) < 4.78 is 0. The Balaban J connectivity index is 1.43. The molecule has 0 aromatic heterocycles. The van der Waals surface area contributed by atoms with Crippen molar-refractivity contribution in [2.45, 2.75) is 30.6 Å². The van der Waals surface area contributed by atoms with Crippen LogP contribution in [0.25, 0.3) is 11.4 Å². The summed E-state index contributed by atoms with van der Waals surface area (Å²) in [4.78, 5) is 5.92. The average Bonchev–Trinajstić information content (AvgIpc) is 3.17. The van der Waals surface area contributed by atoms with Gasteiger partial charge in [0.15, 0.2) is 0 Å². The maximum Gasteiger partial charge on any atom is 0.129 e. The van der Waals surface area contributed by atoms with Crippen LogP contribution in [0.1, 0.15) is 36.0 Å². The summed E-state index contributed by atoms with van der Waals surface area (Å²) in [5.41, 5.74) is 5.52. The van der Waals surface area contributed by atoms with Gasteiger partial charge in [0, 0.05) is 22.4 Å². The van der Waals surface area contributed by atoms with Crippen molar-refractivity contribution in [3.05, 3.63) is 102 Å². The number of aryl methyl sites for hydroxylation is 1. The Bertz CT molecular complexity index is 991. The molecule has 0 unspecified atom stereocenters. The Morgan fingerprint density at radius 2 is 1.29 bits per heavy atom. The molecule has 0 amide bonds. The fraction of sp³-hybridized carbons (Fsp3) is 0.160. The molecule has 1 radical (unpaired) electrons. The number of hydrogen-bond donors (Lipinski definition) is 1.